The van der Waals surface area contributed by atoms with Gasteiger partial charge in [-0.2, -0.15) is 4.58 Å². The van der Waals surface area contributed by atoms with Crippen molar-refractivity contribution in [2.45, 2.75) is 19.8 Å². The minimum Gasteiger partial charge on any atom is -0.872 e. The van der Waals surface area contributed by atoms with Gasteiger partial charge in [0.1, 0.15) is 6.72 Å². The topological polar surface area (TPSA) is 39.0 Å². The summed E-state index contributed by atoms with van der Waals surface area (Å²) >= 11 is 0. The van der Waals surface area contributed by atoms with Gasteiger partial charge in [-0.1, -0.05) is 60.7 Å². The zero-order chi connectivity index (χ0) is 23.5. The largest absolute Gasteiger partial charge is 0.872 e. The highest BCUT2D eigenvalue weighted by Crippen LogP contribution is 2.27. The molecule has 1 aromatic heterocycles. The van der Waals surface area contributed by atoms with Gasteiger partial charge in [0.05, 0.1) is 0 Å². The second kappa shape index (κ2) is 9.32. The average Bonchev–Trinajstić information content (AvgIpc) is 2.90. The Kier molecular flexibility index (Phi) is 5.92. The molecule has 0 aliphatic carbocycles. The van der Waals surface area contributed by atoms with Crippen molar-refractivity contribution in [3.63, 3.8) is 0 Å². The van der Waals surface area contributed by atoms with Crippen LogP contribution in [0.1, 0.15) is 23.7 Å². The highest BCUT2D eigenvalue weighted by Gasteiger charge is 2.13. The number of fused-ring (bicyclic) bond motifs is 2. The first-order valence-electron chi connectivity index (χ1n) is 11.5. The second-order valence-corrected chi connectivity index (χ2v) is 8.44. The lowest BCUT2D eigenvalue weighted by molar-refractivity contribution is -0.243. The van der Waals surface area contributed by atoms with E-state index in [2.05, 4.69) is 84.5 Å². The molecule has 34 heavy (non-hydrogen) atoms. The van der Waals surface area contributed by atoms with Gasteiger partial charge >= 0.3 is 0 Å². The van der Waals surface area contributed by atoms with Crippen molar-refractivity contribution in [3.05, 3.63) is 120 Å². The molecule has 1 heterocycles. The molecule has 0 fully saturated rings. The van der Waals surface area contributed by atoms with Gasteiger partial charge in [0.2, 0.25) is 11.4 Å². The smallest absolute Gasteiger partial charge is 0.211 e. The van der Waals surface area contributed by atoms with Crippen molar-refractivity contribution in [2.75, 3.05) is 0 Å². The van der Waals surface area contributed by atoms with E-state index in [-0.39, 0.29) is 5.76 Å². The molecule has 0 saturated carbocycles. The highest BCUT2D eigenvalue weighted by atomic mass is 16.3. The molecule has 0 saturated heterocycles. The SMILES string of the molecule is C=[N+](c1cccc(CCc2nccc3c(C([O-])=CC)cccc23)c1)c1ccc2ccccc2c1. The molecule has 0 bridgehead atoms. The van der Waals surface area contributed by atoms with Crippen LogP contribution in [-0.4, -0.2) is 11.7 Å². The van der Waals surface area contributed by atoms with Crippen LogP contribution in [-0.2, 0) is 12.8 Å². The van der Waals surface area contributed by atoms with Crippen molar-refractivity contribution in [1.29, 1.82) is 0 Å². The van der Waals surface area contributed by atoms with Gasteiger partial charge in [-0.15, -0.1) is 5.76 Å². The maximum atomic E-state index is 12.3. The van der Waals surface area contributed by atoms with E-state index in [1.165, 1.54) is 16.3 Å². The van der Waals surface area contributed by atoms with Gasteiger partial charge in [0.15, 0.2) is 0 Å². The van der Waals surface area contributed by atoms with Crippen LogP contribution in [0.5, 0.6) is 0 Å². The molecule has 0 aliphatic rings. The fourth-order valence-corrected chi connectivity index (χ4v) is 4.47. The number of rotatable bonds is 6. The number of pyridine rings is 1. The van der Waals surface area contributed by atoms with Gasteiger partial charge in [-0.05, 0) is 59.2 Å². The normalized spacial score (nSPS) is 11.7. The molecule has 0 unspecified atom stereocenters. The predicted molar refractivity (Wildman–Crippen MR) is 142 cm³/mol. The Morgan fingerprint density at radius 3 is 2.47 bits per heavy atom. The zero-order valence-corrected chi connectivity index (χ0v) is 19.2. The van der Waals surface area contributed by atoms with E-state index in [4.69, 9.17) is 0 Å². The fraction of sp³-hybridized carbons (Fsp3) is 0.0968. The van der Waals surface area contributed by atoms with Crippen LogP contribution in [0.25, 0.3) is 27.3 Å². The Labute approximate surface area is 200 Å². The molecule has 0 N–H and O–H groups in total. The Hall–Kier alpha value is -4.24. The van der Waals surface area contributed by atoms with E-state index in [0.717, 1.165) is 46.2 Å². The summed E-state index contributed by atoms with van der Waals surface area (Å²) in [6.45, 7) is 6.08. The van der Waals surface area contributed by atoms with Crippen LogP contribution in [0, 0.1) is 0 Å². The molecule has 3 heteroatoms. The van der Waals surface area contributed by atoms with Gasteiger partial charge < -0.3 is 5.11 Å². The van der Waals surface area contributed by atoms with E-state index < -0.39 is 0 Å². The third-order valence-electron chi connectivity index (χ3n) is 6.33. The third kappa shape index (κ3) is 4.20. The number of aryl methyl sites for hydroxylation is 2. The van der Waals surface area contributed by atoms with Crippen LogP contribution in [0.15, 0.2) is 103 Å². The Balaban J connectivity index is 1.39. The van der Waals surface area contributed by atoms with E-state index in [1.54, 1.807) is 19.2 Å². The number of nitrogens with zero attached hydrogens (tertiary/aromatic N) is 2. The number of benzene rings is 4. The molecule has 166 valence electrons. The van der Waals surface area contributed by atoms with Crippen LogP contribution in [0.2, 0.25) is 0 Å². The lowest BCUT2D eigenvalue weighted by Gasteiger charge is -2.15. The Morgan fingerprint density at radius 2 is 1.62 bits per heavy atom. The van der Waals surface area contributed by atoms with Crippen molar-refractivity contribution < 1.29 is 5.11 Å². The van der Waals surface area contributed by atoms with Crippen LogP contribution in [0.3, 0.4) is 0 Å². The van der Waals surface area contributed by atoms with Crippen LogP contribution in [0.4, 0.5) is 11.4 Å². The van der Waals surface area contributed by atoms with Gasteiger partial charge in [-0.3, -0.25) is 4.98 Å². The molecular formula is C31H26N2O. The van der Waals surface area contributed by atoms with Gasteiger partial charge in [0.25, 0.3) is 0 Å². The summed E-state index contributed by atoms with van der Waals surface area (Å²) in [6.07, 6.45) is 5.06. The molecular weight excluding hydrogens is 416 g/mol. The molecule has 4 aromatic carbocycles. The highest BCUT2D eigenvalue weighted by molar-refractivity contribution is 5.93. The first kappa shape index (κ1) is 21.6. The van der Waals surface area contributed by atoms with Gasteiger partial charge in [-0.25, -0.2) is 0 Å². The Morgan fingerprint density at radius 1 is 0.824 bits per heavy atom. The molecule has 5 rings (SSSR count). The van der Waals surface area contributed by atoms with Crippen LogP contribution < -0.4 is 9.68 Å². The number of aromatic nitrogens is 1. The van der Waals surface area contributed by atoms with Crippen molar-refractivity contribution in [1.82, 2.24) is 9.56 Å². The predicted octanol–water partition coefficient (Wildman–Crippen LogP) is 6.43. The second-order valence-electron chi connectivity index (χ2n) is 8.44. The van der Waals surface area contributed by atoms with Crippen molar-refractivity contribution >= 4 is 45.4 Å². The number of allylic oxidation sites excluding steroid dienone is 1. The standard InChI is InChI=1S/C31H26N2O/c1-3-31(34)29-13-7-12-28-27(29)18-19-32-30(28)17-14-22-8-6-11-25(20-22)33(2)26-16-15-23-9-4-5-10-24(23)21-26/h3-13,15-16,18-21H,2,14,17H2,1H3. The quantitative estimate of drug-likeness (QED) is 0.173. The first-order chi connectivity index (χ1) is 16.6. The summed E-state index contributed by atoms with van der Waals surface area (Å²) in [5, 5.41) is 16.7. The van der Waals surface area contributed by atoms with Crippen molar-refractivity contribution in [2.24, 2.45) is 0 Å². The monoisotopic (exact) mass is 442 g/mol. The number of hydrogen-bond acceptors (Lipinski definition) is 2. The Bertz CT molecular complexity index is 1550. The molecule has 0 atom stereocenters. The first-order valence-corrected chi connectivity index (χ1v) is 11.5. The van der Waals surface area contributed by atoms with E-state index in [1.807, 2.05) is 22.8 Å². The molecule has 0 radical (unpaired) electrons. The summed E-state index contributed by atoms with van der Waals surface area (Å²) in [7, 11) is 0. The van der Waals surface area contributed by atoms with Crippen molar-refractivity contribution in [3.8, 4) is 0 Å². The zero-order valence-electron chi connectivity index (χ0n) is 19.2. The maximum absolute atomic E-state index is 12.3. The number of hydrogen-bond donors (Lipinski definition) is 0. The van der Waals surface area contributed by atoms with E-state index in [9.17, 15) is 5.11 Å². The molecule has 0 spiro atoms. The molecule has 0 aliphatic heterocycles. The summed E-state index contributed by atoms with van der Waals surface area (Å²) in [4.78, 5) is 4.64. The third-order valence-corrected chi connectivity index (χ3v) is 6.33. The molecule has 5 aromatic rings. The summed E-state index contributed by atoms with van der Waals surface area (Å²) in [5.41, 5.74) is 5.06. The van der Waals surface area contributed by atoms with Gasteiger partial charge in [0, 0.05) is 41.5 Å². The lowest BCUT2D eigenvalue weighted by Crippen LogP contribution is -2.04. The minimum atomic E-state index is 0.0414. The summed E-state index contributed by atoms with van der Waals surface area (Å²) < 4.78 is 1.98. The minimum absolute atomic E-state index is 0.0414. The summed E-state index contributed by atoms with van der Waals surface area (Å²) in [6, 6.07) is 31.1. The lowest BCUT2D eigenvalue weighted by atomic mass is 9.99. The summed E-state index contributed by atoms with van der Waals surface area (Å²) in [5.74, 6) is 0.0414. The van der Waals surface area contributed by atoms with Crippen LogP contribution >= 0.6 is 0 Å². The van der Waals surface area contributed by atoms with E-state index >= 15 is 0 Å². The van der Waals surface area contributed by atoms with E-state index in [0.29, 0.717) is 0 Å². The molecule has 3 nitrogen and oxygen atoms in total. The average molecular weight is 443 g/mol. The fourth-order valence-electron chi connectivity index (χ4n) is 4.47. The maximum Gasteiger partial charge on any atom is 0.211 e. The molecule has 0 amide bonds.